The Balaban J connectivity index is 2.87. The van der Waals surface area contributed by atoms with Crippen molar-refractivity contribution >= 4 is 11.2 Å². The molecule has 2 N–H and O–H groups in total. The van der Waals surface area contributed by atoms with E-state index < -0.39 is 0 Å². The summed E-state index contributed by atoms with van der Waals surface area (Å²) in [6.07, 6.45) is 2.07. The molecule has 0 bridgehead atoms. The van der Waals surface area contributed by atoms with Gasteiger partial charge < -0.3 is 4.98 Å². The summed E-state index contributed by atoms with van der Waals surface area (Å²) in [7, 11) is 0. The fourth-order valence-corrected chi connectivity index (χ4v) is 1.44. The highest BCUT2D eigenvalue weighted by Gasteiger charge is 2.09. The Kier molecular flexibility index (Phi) is 1.95. The standard InChI is InChI=1S/C8H10N4O2/c1-2-3-12-5-6(11-8(12)14)9-4-10-7(5)13/h4H,2-3H2,1H3,(H2,9,10,11,13,14). The Bertz CT molecular complexity index is 562. The maximum atomic E-state index is 11.4. The quantitative estimate of drug-likeness (QED) is 0.695. The lowest BCUT2D eigenvalue weighted by atomic mass is 10.4. The lowest BCUT2D eigenvalue weighted by molar-refractivity contribution is 0.672. The number of nitrogens with one attached hydrogen (secondary N) is 2. The largest absolute Gasteiger partial charge is 0.327 e. The summed E-state index contributed by atoms with van der Waals surface area (Å²) < 4.78 is 1.40. The van der Waals surface area contributed by atoms with E-state index in [9.17, 15) is 9.59 Å². The molecule has 0 unspecified atom stereocenters. The molecule has 0 saturated carbocycles. The SMILES string of the molecule is CCCn1c(=O)[nH]c2nc[nH]c(=O)c21. The molecule has 0 aliphatic heterocycles. The highest BCUT2D eigenvalue weighted by atomic mass is 16.2. The Morgan fingerprint density at radius 2 is 2.29 bits per heavy atom. The second-order valence-corrected chi connectivity index (χ2v) is 3.01. The van der Waals surface area contributed by atoms with Gasteiger partial charge in [0.15, 0.2) is 11.2 Å². The van der Waals surface area contributed by atoms with Crippen molar-refractivity contribution in [2.45, 2.75) is 19.9 Å². The molecule has 6 heteroatoms. The number of imidazole rings is 1. The number of hydrogen-bond acceptors (Lipinski definition) is 3. The monoisotopic (exact) mass is 194 g/mol. The first kappa shape index (κ1) is 8.74. The number of fused-ring (bicyclic) bond motifs is 1. The summed E-state index contributed by atoms with van der Waals surface area (Å²) in [5.74, 6) is 0. The molecule has 14 heavy (non-hydrogen) atoms. The maximum Gasteiger partial charge on any atom is 0.327 e. The fourth-order valence-electron chi connectivity index (χ4n) is 1.44. The molecular weight excluding hydrogens is 184 g/mol. The van der Waals surface area contributed by atoms with E-state index in [1.165, 1.54) is 10.9 Å². The van der Waals surface area contributed by atoms with Gasteiger partial charge in [0.1, 0.15) is 0 Å². The second-order valence-electron chi connectivity index (χ2n) is 3.01. The van der Waals surface area contributed by atoms with Gasteiger partial charge in [-0.2, -0.15) is 0 Å². The molecule has 2 rings (SSSR count). The average molecular weight is 194 g/mol. The predicted octanol–water partition coefficient (Wildman–Crippen LogP) is -0.177. The summed E-state index contributed by atoms with van der Waals surface area (Å²) in [5.41, 5.74) is 0.0828. The number of rotatable bonds is 2. The Labute approximate surface area is 78.6 Å². The van der Waals surface area contributed by atoms with Crippen molar-refractivity contribution in [1.29, 1.82) is 0 Å². The summed E-state index contributed by atoms with van der Waals surface area (Å²) in [5, 5.41) is 0. The van der Waals surface area contributed by atoms with E-state index in [4.69, 9.17) is 0 Å². The summed E-state index contributed by atoms with van der Waals surface area (Å²) in [6, 6.07) is 0. The van der Waals surface area contributed by atoms with Gasteiger partial charge in [-0.3, -0.25) is 14.3 Å². The highest BCUT2D eigenvalue weighted by Crippen LogP contribution is 1.99. The molecule has 0 aliphatic rings. The third-order valence-corrected chi connectivity index (χ3v) is 2.02. The number of nitrogens with zero attached hydrogens (tertiary/aromatic N) is 2. The smallest absolute Gasteiger partial charge is 0.311 e. The molecule has 2 aromatic rings. The van der Waals surface area contributed by atoms with Crippen molar-refractivity contribution < 1.29 is 0 Å². The Morgan fingerprint density at radius 1 is 1.50 bits per heavy atom. The van der Waals surface area contributed by atoms with Gasteiger partial charge in [-0.1, -0.05) is 6.92 Å². The van der Waals surface area contributed by atoms with Crippen molar-refractivity contribution in [2.75, 3.05) is 0 Å². The molecule has 0 radical (unpaired) electrons. The summed E-state index contributed by atoms with van der Waals surface area (Å²) in [6.45, 7) is 2.46. The molecule has 0 fully saturated rings. The zero-order chi connectivity index (χ0) is 10.1. The van der Waals surface area contributed by atoms with Crippen molar-refractivity contribution in [3.63, 3.8) is 0 Å². The van der Waals surface area contributed by atoms with Crippen LogP contribution < -0.4 is 11.2 Å². The molecule has 0 atom stereocenters. The first-order valence-corrected chi connectivity index (χ1v) is 4.40. The van der Waals surface area contributed by atoms with E-state index in [2.05, 4.69) is 15.0 Å². The van der Waals surface area contributed by atoms with Crippen molar-refractivity contribution in [2.24, 2.45) is 0 Å². The number of aryl methyl sites for hydroxylation is 1. The molecule has 2 aromatic heterocycles. The molecule has 0 saturated heterocycles. The van der Waals surface area contributed by atoms with E-state index in [1.54, 1.807) is 0 Å². The highest BCUT2D eigenvalue weighted by molar-refractivity contribution is 5.68. The van der Waals surface area contributed by atoms with E-state index in [0.717, 1.165) is 6.42 Å². The van der Waals surface area contributed by atoms with Gasteiger partial charge >= 0.3 is 5.69 Å². The molecule has 74 valence electrons. The van der Waals surface area contributed by atoms with Crippen molar-refractivity contribution in [1.82, 2.24) is 19.5 Å². The predicted molar refractivity (Wildman–Crippen MR) is 51.3 cm³/mol. The third-order valence-electron chi connectivity index (χ3n) is 2.02. The third kappa shape index (κ3) is 1.15. The molecule has 0 aliphatic carbocycles. The minimum Gasteiger partial charge on any atom is -0.311 e. The van der Waals surface area contributed by atoms with Crippen LogP contribution in [0, 0.1) is 0 Å². The van der Waals surface area contributed by atoms with E-state index in [0.29, 0.717) is 17.7 Å². The van der Waals surface area contributed by atoms with Crippen molar-refractivity contribution in [3.05, 3.63) is 27.2 Å². The number of hydrogen-bond donors (Lipinski definition) is 2. The van der Waals surface area contributed by atoms with Gasteiger partial charge in [0.05, 0.1) is 6.33 Å². The van der Waals surface area contributed by atoms with E-state index >= 15 is 0 Å². The van der Waals surface area contributed by atoms with E-state index in [1.807, 2.05) is 6.92 Å². The molecular formula is C8H10N4O2. The van der Waals surface area contributed by atoms with Crippen molar-refractivity contribution in [3.8, 4) is 0 Å². The normalized spacial score (nSPS) is 10.9. The lowest BCUT2D eigenvalue weighted by Crippen LogP contribution is -2.19. The Morgan fingerprint density at radius 3 is 3.00 bits per heavy atom. The van der Waals surface area contributed by atoms with Gasteiger partial charge in [-0.25, -0.2) is 9.78 Å². The number of aromatic nitrogens is 4. The zero-order valence-electron chi connectivity index (χ0n) is 7.70. The maximum absolute atomic E-state index is 11.4. The molecule has 2 heterocycles. The first-order valence-electron chi connectivity index (χ1n) is 4.40. The van der Waals surface area contributed by atoms with Gasteiger partial charge in [0.25, 0.3) is 5.56 Å². The minimum atomic E-state index is -0.290. The minimum absolute atomic E-state index is 0.286. The van der Waals surface area contributed by atoms with Crippen LogP contribution in [0.1, 0.15) is 13.3 Å². The summed E-state index contributed by atoms with van der Waals surface area (Å²) >= 11 is 0. The van der Waals surface area contributed by atoms with Crippen LogP contribution in [0.25, 0.3) is 11.2 Å². The first-order chi connectivity index (χ1) is 6.74. The molecule has 0 amide bonds. The van der Waals surface area contributed by atoms with Gasteiger partial charge in [-0.15, -0.1) is 0 Å². The number of aromatic amines is 2. The summed E-state index contributed by atoms with van der Waals surface area (Å²) in [4.78, 5) is 31.7. The van der Waals surface area contributed by atoms with Crippen LogP contribution in [0.3, 0.4) is 0 Å². The molecule has 0 aromatic carbocycles. The van der Waals surface area contributed by atoms with E-state index in [-0.39, 0.29) is 11.2 Å². The van der Waals surface area contributed by atoms with Crippen LogP contribution in [-0.2, 0) is 6.54 Å². The number of H-pyrrole nitrogens is 2. The van der Waals surface area contributed by atoms with Crippen LogP contribution in [0.2, 0.25) is 0 Å². The van der Waals surface area contributed by atoms with Crippen LogP contribution >= 0.6 is 0 Å². The Hall–Kier alpha value is -1.85. The van der Waals surface area contributed by atoms with Crippen LogP contribution in [0.15, 0.2) is 15.9 Å². The lowest BCUT2D eigenvalue weighted by Gasteiger charge is -1.97. The second kappa shape index (κ2) is 3.13. The zero-order valence-corrected chi connectivity index (χ0v) is 7.70. The molecule has 6 nitrogen and oxygen atoms in total. The van der Waals surface area contributed by atoms with Crippen LogP contribution in [-0.4, -0.2) is 19.5 Å². The van der Waals surface area contributed by atoms with Gasteiger partial charge in [0.2, 0.25) is 0 Å². The average Bonchev–Trinajstić information content (AvgIpc) is 2.45. The van der Waals surface area contributed by atoms with Gasteiger partial charge in [0, 0.05) is 6.54 Å². The fraction of sp³-hybridized carbons (Fsp3) is 0.375. The molecule has 0 spiro atoms. The van der Waals surface area contributed by atoms with Crippen LogP contribution in [0.4, 0.5) is 0 Å². The van der Waals surface area contributed by atoms with Crippen LogP contribution in [0.5, 0.6) is 0 Å². The topological polar surface area (TPSA) is 83.5 Å². The van der Waals surface area contributed by atoms with Gasteiger partial charge in [-0.05, 0) is 6.42 Å².